The SMILES string of the molecule is CC1(C[C@H](NC(=O)c2ccc(NS(=O)(=O)c3ccccc3)cc2)C(=O)N[C@H]2COCC2=O)CCCC1. The van der Waals surface area contributed by atoms with Crippen molar-refractivity contribution in [1.82, 2.24) is 10.6 Å². The molecule has 1 aliphatic heterocycles. The number of Topliss-reactive ketones (excluding diaryl/α,β-unsaturated/α-hetero) is 1. The molecule has 2 aromatic rings. The van der Waals surface area contributed by atoms with Gasteiger partial charge in [-0.2, -0.15) is 0 Å². The molecule has 0 bridgehead atoms. The molecule has 3 N–H and O–H groups in total. The summed E-state index contributed by atoms with van der Waals surface area (Å²) >= 11 is 0. The topological polar surface area (TPSA) is 131 Å². The second kappa shape index (κ2) is 10.8. The molecule has 0 unspecified atom stereocenters. The van der Waals surface area contributed by atoms with Gasteiger partial charge >= 0.3 is 0 Å². The number of amides is 2. The fraction of sp³-hybridized carbons (Fsp3) is 0.423. The van der Waals surface area contributed by atoms with Crippen LogP contribution in [0.5, 0.6) is 0 Å². The highest BCUT2D eigenvalue weighted by Gasteiger charge is 2.37. The Kier molecular flexibility index (Phi) is 7.75. The first kappa shape index (κ1) is 25.8. The lowest BCUT2D eigenvalue weighted by molar-refractivity contribution is -0.127. The van der Waals surface area contributed by atoms with Crippen LogP contribution in [0.25, 0.3) is 0 Å². The predicted octanol–water partition coefficient (Wildman–Crippen LogP) is 2.64. The number of ketones is 1. The van der Waals surface area contributed by atoms with Gasteiger partial charge < -0.3 is 15.4 Å². The zero-order chi connectivity index (χ0) is 25.8. The van der Waals surface area contributed by atoms with Crippen LogP contribution in [-0.2, 0) is 24.3 Å². The number of hydrogen-bond donors (Lipinski definition) is 3. The quantitative estimate of drug-likeness (QED) is 0.473. The van der Waals surface area contributed by atoms with E-state index in [1.54, 1.807) is 18.2 Å². The molecule has 36 heavy (non-hydrogen) atoms. The van der Waals surface area contributed by atoms with Gasteiger partial charge in [0.25, 0.3) is 15.9 Å². The van der Waals surface area contributed by atoms with E-state index in [1.807, 2.05) is 0 Å². The second-order valence-corrected chi connectivity index (χ2v) is 11.5. The Morgan fingerprint density at radius 2 is 1.72 bits per heavy atom. The molecule has 192 valence electrons. The number of hydrogen-bond acceptors (Lipinski definition) is 6. The number of sulfonamides is 1. The molecule has 1 aliphatic carbocycles. The van der Waals surface area contributed by atoms with E-state index in [2.05, 4.69) is 22.3 Å². The summed E-state index contributed by atoms with van der Waals surface area (Å²) in [5.41, 5.74) is 0.514. The van der Waals surface area contributed by atoms with E-state index < -0.39 is 33.9 Å². The Labute approximate surface area is 211 Å². The molecular formula is C26H31N3O6S. The van der Waals surface area contributed by atoms with Crippen molar-refractivity contribution in [2.45, 2.75) is 56.0 Å². The molecule has 1 saturated heterocycles. The van der Waals surface area contributed by atoms with E-state index in [4.69, 9.17) is 4.74 Å². The Morgan fingerprint density at radius 3 is 2.33 bits per heavy atom. The van der Waals surface area contributed by atoms with Crippen LogP contribution in [0.15, 0.2) is 59.5 Å². The fourth-order valence-corrected chi connectivity index (χ4v) is 5.82. The van der Waals surface area contributed by atoms with Crippen molar-refractivity contribution in [3.63, 3.8) is 0 Å². The van der Waals surface area contributed by atoms with Gasteiger partial charge in [-0.15, -0.1) is 0 Å². The lowest BCUT2D eigenvalue weighted by Gasteiger charge is -2.29. The van der Waals surface area contributed by atoms with Crippen LogP contribution in [0.3, 0.4) is 0 Å². The molecule has 4 rings (SSSR count). The number of benzene rings is 2. The zero-order valence-electron chi connectivity index (χ0n) is 20.2. The maximum Gasteiger partial charge on any atom is 0.261 e. The van der Waals surface area contributed by atoms with Gasteiger partial charge in [0.1, 0.15) is 18.7 Å². The van der Waals surface area contributed by atoms with E-state index >= 15 is 0 Å². The molecule has 1 heterocycles. The molecular weight excluding hydrogens is 482 g/mol. The average Bonchev–Trinajstić information content (AvgIpc) is 3.47. The first-order valence-electron chi connectivity index (χ1n) is 12.0. The van der Waals surface area contributed by atoms with Crippen molar-refractivity contribution in [3.8, 4) is 0 Å². The summed E-state index contributed by atoms with van der Waals surface area (Å²) < 4.78 is 32.7. The largest absolute Gasteiger partial charge is 0.371 e. The van der Waals surface area contributed by atoms with E-state index in [0.717, 1.165) is 25.7 Å². The molecule has 2 aromatic carbocycles. The number of ether oxygens (including phenoxy) is 1. The fourth-order valence-electron chi connectivity index (χ4n) is 4.75. The van der Waals surface area contributed by atoms with Crippen LogP contribution in [0.1, 0.15) is 49.4 Å². The molecule has 2 fully saturated rings. The smallest absolute Gasteiger partial charge is 0.261 e. The minimum Gasteiger partial charge on any atom is -0.371 e. The van der Waals surface area contributed by atoms with Crippen molar-refractivity contribution < 1.29 is 27.5 Å². The maximum absolute atomic E-state index is 13.1. The van der Waals surface area contributed by atoms with E-state index in [-0.39, 0.29) is 34.9 Å². The van der Waals surface area contributed by atoms with Crippen LogP contribution < -0.4 is 15.4 Å². The molecule has 2 atom stereocenters. The third-order valence-electron chi connectivity index (χ3n) is 6.82. The van der Waals surface area contributed by atoms with Gasteiger partial charge in [0.2, 0.25) is 5.91 Å². The summed E-state index contributed by atoms with van der Waals surface area (Å²) in [6.45, 7) is 2.22. The van der Waals surface area contributed by atoms with Gasteiger partial charge in [-0.3, -0.25) is 19.1 Å². The van der Waals surface area contributed by atoms with Crippen LogP contribution in [-0.4, -0.2) is 51.3 Å². The van der Waals surface area contributed by atoms with Crippen molar-refractivity contribution in [2.24, 2.45) is 5.41 Å². The summed E-state index contributed by atoms with van der Waals surface area (Å²) in [4.78, 5) is 38.2. The summed E-state index contributed by atoms with van der Waals surface area (Å²) in [7, 11) is -3.75. The number of anilines is 1. The highest BCUT2D eigenvalue weighted by molar-refractivity contribution is 7.92. The molecule has 1 saturated carbocycles. The summed E-state index contributed by atoms with van der Waals surface area (Å²) in [5, 5.41) is 5.55. The minimum atomic E-state index is -3.75. The minimum absolute atomic E-state index is 0.0277. The summed E-state index contributed by atoms with van der Waals surface area (Å²) in [5.74, 6) is -1.05. The van der Waals surface area contributed by atoms with Crippen molar-refractivity contribution in [1.29, 1.82) is 0 Å². The Bertz CT molecular complexity index is 1210. The zero-order valence-corrected chi connectivity index (χ0v) is 21.0. The lowest BCUT2D eigenvalue weighted by Crippen LogP contribution is -2.52. The Morgan fingerprint density at radius 1 is 1.06 bits per heavy atom. The van der Waals surface area contributed by atoms with E-state index in [1.165, 1.54) is 36.4 Å². The molecule has 0 spiro atoms. The Hall–Kier alpha value is -3.24. The first-order chi connectivity index (χ1) is 17.2. The van der Waals surface area contributed by atoms with Crippen LogP contribution in [0.4, 0.5) is 5.69 Å². The van der Waals surface area contributed by atoms with E-state index in [9.17, 15) is 22.8 Å². The molecule has 2 aliphatic rings. The van der Waals surface area contributed by atoms with Gasteiger partial charge in [-0.25, -0.2) is 8.42 Å². The Balaban J connectivity index is 1.44. The van der Waals surface area contributed by atoms with Crippen LogP contribution in [0, 0.1) is 5.41 Å². The molecule has 0 radical (unpaired) electrons. The van der Waals surface area contributed by atoms with Gasteiger partial charge in [0.15, 0.2) is 5.78 Å². The number of nitrogens with one attached hydrogen (secondary N) is 3. The molecule has 9 nitrogen and oxygen atoms in total. The van der Waals surface area contributed by atoms with Gasteiger partial charge in [-0.05, 0) is 61.1 Å². The third kappa shape index (κ3) is 6.30. The molecule has 10 heteroatoms. The normalized spacial score (nSPS) is 20.0. The predicted molar refractivity (Wildman–Crippen MR) is 134 cm³/mol. The third-order valence-corrected chi connectivity index (χ3v) is 8.21. The molecule has 0 aromatic heterocycles. The lowest BCUT2D eigenvalue weighted by atomic mass is 9.81. The second-order valence-electron chi connectivity index (χ2n) is 9.79. The van der Waals surface area contributed by atoms with E-state index in [0.29, 0.717) is 12.1 Å². The number of carbonyl (C=O) groups is 3. The highest BCUT2D eigenvalue weighted by Crippen LogP contribution is 2.41. The average molecular weight is 514 g/mol. The van der Waals surface area contributed by atoms with Crippen molar-refractivity contribution in [2.75, 3.05) is 17.9 Å². The first-order valence-corrected chi connectivity index (χ1v) is 13.5. The van der Waals surface area contributed by atoms with Gasteiger partial charge in [-0.1, -0.05) is 38.0 Å². The van der Waals surface area contributed by atoms with Crippen LogP contribution in [0.2, 0.25) is 0 Å². The number of rotatable bonds is 9. The van der Waals surface area contributed by atoms with Gasteiger partial charge in [0, 0.05) is 11.3 Å². The monoisotopic (exact) mass is 513 g/mol. The van der Waals surface area contributed by atoms with Gasteiger partial charge in [0.05, 0.1) is 11.5 Å². The standard InChI is InChI=1S/C26H31N3O6S/c1-26(13-5-6-14-26)15-21(25(32)28-22-16-35-17-23(22)30)27-24(31)18-9-11-19(12-10-18)29-36(33,34)20-7-3-2-4-8-20/h2-4,7-12,21-22,29H,5-6,13-17H2,1H3,(H,27,31)(H,28,32)/t21-,22-/m0/s1. The summed E-state index contributed by atoms with van der Waals surface area (Å²) in [6, 6.07) is 12.5. The molecule has 2 amide bonds. The summed E-state index contributed by atoms with van der Waals surface area (Å²) in [6.07, 6.45) is 4.55. The van der Waals surface area contributed by atoms with Crippen molar-refractivity contribution in [3.05, 3.63) is 60.2 Å². The highest BCUT2D eigenvalue weighted by atomic mass is 32.2. The van der Waals surface area contributed by atoms with Crippen molar-refractivity contribution >= 4 is 33.3 Å². The maximum atomic E-state index is 13.1. The van der Waals surface area contributed by atoms with Crippen LogP contribution >= 0.6 is 0 Å². The number of carbonyl (C=O) groups excluding carboxylic acids is 3.